The Morgan fingerprint density at radius 1 is 1.10 bits per heavy atom. The van der Waals surface area contributed by atoms with Crippen LogP contribution in [0.25, 0.3) is 0 Å². The van der Waals surface area contributed by atoms with E-state index in [1.807, 2.05) is 36.4 Å². The first kappa shape index (κ1) is 13.3. The molecule has 2 unspecified atom stereocenters. The largest absolute Gasteiger partial charge is 0.352 e. The average molecular weight is 319 g/mol. The van der Waals surface area contributed by atoms with Crippen LogP contribution in [-0.4, -0.2) is 11.4 Å². The van der Waals surface area contributed by atoms with Crippen LogP contribution in [0.3, 0.4) is 0 Å². The summed E-state index contributed by atoms with van der Waals surface area (Å²) < 4.78 is 5.84. The van der Waals surface area contributed by atoms with Crippen LogP contribution < -0.4 is 0 Å². The molecule has 0 amide bonds. The number of aryl methyl sites for hydroxylation is 1. The van der Waals surface area contributed by atoms with Crippen molar-refractivity contribution in [2.24, 2.45) is 0 Å². The summed E-state index contributed by atoms with van der Waals surface area (Å²) in [6.07, 6.45) is 1.25. The van der Waals surface area contributed by atoms with Crippen molar-refractivity contribution in [1.29, 1.82) is 0 Å². The summed E-state index contributed by atoms with van der Waals surface area (Å²) in [5.41, 5.74) is 1.92. The molecule has 1 fully saturated rings. The van der Waals surface area contributed by atoms with E-state index in [2.05, 4.69) is 0 Å². The van der Waals surface area contributed by atoms with E-state index in [-0.39, 0.29) is 11.9 Å². The van der Waals surface area contributed by atoms with Gasteiger partial charge in [0.25, 0.3) is 0 Å². The predicted molar refractivity (Wildman–Crippen MR) is 82.1 cm³/mol. The monoisotopic (exact) mass is 318 g/mol. The normalized spacial score (nSPS) is 26.8. The number of fused-ring (bicyclic) bond motifs is 1. The number of Topliss-reactive ketones (excluding diaryl/α,β-unsaturated/α-hetero) is 1. The number of ether oxygens (including phenoxy) is 1. The third-order valence-electron chi connectivity index (χ3n) is 4.37. The van der Waals surface area contributed by atoms with Crippen molar-refractivity contribution in [3.8, 4) is 0 Å². The van der Waals surface area contributed by atoms with Gasteiger partial charge in [-0.25, -0.2) is 0 Å². The van der Waals surface area contributed by atoms with Gasteiger partial charge >= 0.3 is 0 Å². The van der Waals surface area contributed by atoms with E-state index in [1.54, 1.807) is 6.07 Å². The number of hydrogen-bond acceptors (Lipinski definition) is 2. The summed E-state index contributed by atoms with van der Waals surface area (Å²) in [4.78, 5) is 12.8. The third kappa shape index (κ3) is 1.87. The molecule has 0 aromatic heterocycles. The Morgan fingerprint density at radius 2 is 1.90 bits per heavy atom. The maximum atomic E-state index is 12.8. The van der Waals surface area contributed by atoms with Gasteiger partial charge in [0.15, 0.2) is 11.4 Å². The lowest BCUT2D eigenvalue weighted by molar-refractivity contribution is 0.0850. The zero-order valence-corrected chi connectivity index (χ0v) is 12.6. The van der Waals surface area contributed by atoms with Crippen LogP contribution in [-0.2, 0) is 11.2 Å². The molecule has 2 aromatic carbocycles. The molecular formula is C17H12Cl2O2. The first-order chi connectivity index (χ1) is 10.1. The smallest absolute Gasteiger partial charge is 0.198 e. The standard InChI is InChI=1S/C17H12Cl2O2/c18-13-7-3-6-12(14(13)19)16-17(21-16)9-8-10-4-1-2-5-11(10)15(17)20/h1-7,16H,8-9H2. The van der Waals surface area contributed by atoms with E-state index in [0.29, 0.717) is 16.5 Å². The second kappa shape index (κ2) is 4.57. The minimum Gasteiger partial charge on any atom is -0.352 e. The van der Waals surface area contributed by atoms with Crippen LogP contribution in [0.2, 0.25) is 10.0 Å². The highest BCUT2D eigenvalue weighted by Crippen LogP contribution is 2.57. The minimum atomic E-state index is -0.747. The maximum Gasteiger partial charge on any atom is 0.198 e. The van der Waals surface area contributed by atoms with Gasteiger partial charge in [0.05, 0.1) is 10.0 Å². The molecule has 21 heavy (non-hydrogen) atoms. The van der Waals surface area contributed by atoms with Gasteiger partial charge in [0, 0.05) is 11.1 Å². The fraction of sp³-hybridized carbons (Fsp3) is 0.235. The van der Waals surface area contributed by atoms with Crippen molar-refractivity contribution < 1.29 is 9.53 Å². The summed E-state index contributed by atoms with van der Waals surface area (Å²) in [6.45, 7) is 0. The molecule has 0 N–H and O–H groups in total. The number of epoxide rings is 1. The van der Waals surface area contributed by atoms with Gasteiger partial charge in [0.1, 0.15) is 6.10 Å². The Balaban J connectivity index is 1.73. The quantitative estimate of drug-likeness (QED) is 0.717. The highest BCUT2D eigenvalue weighted by atomic mass is 35.5. The van der Waals surface area contributed by atoms with Crippen molar-refractivity contribution in [1.82, 2.24) is 0 Å². The first-order valence-electron chi connectivity index (χ1n) is 6.88. The zero-order chi connectivity index (χ0) is 14.6. The minimum absolute atomic E-state index is 0.0605. The number of rotatable bonds is 1. The van der Waals surface area contributed by atoms with Crippen LogP contribution >= 0.6 is 23.2 Å². The molecule has 4 rings (SSSR count). The van der Waals surface area contributed by atoms with Gasteiger partial charge in [-0.1, -0.05) is 59.6 Å². The van der Waals surface area contributed by atoms with E-state index < -0.39 is 5.60 Å². The SMILES string of the molecule is O=C1c2ccccc2CCC12OC2c1cccc(Cl)c1Cl. The van der Waals surface area contributed by atoms with E-state index >= 15 is 0 Å². The first-order valence-corrected chi connectivity index (χ1v) is 7.63. The van der Waals surface area contributed by atoms with Gasteiger partial charge in [-0.05, 0) is 24.5 Å². The third-order valence-corrected chi connectivity index (χ3v) is 5.20. The number of carbonyl (C=O) groups excluding carboxylic acids is 1. The van der Waals surface area contributed by atoms with Crippen LogP contribution in [0.1, 0.15) is 34.0 Å². The lowest BCUT2D eigenvalue weighted by Gasteiger charge is -2.21. The molecule has 2 aliphatic rings. The molecule has 1 heterocycles. The predicted octanol–water partition coefficient (Wildman–Crippen LogP) is 4.63. The Bertz CT molecular complexity index is 756. The number of ketones is 1. The highest BCUT2D eigenvalue weighted by Gasteiger charge is 2.64. The van der Waals surface area contributed by atoms with E-state index in [9.17, 15) is 4.79 Å². The highest BCUT2D eigenvalue weighted by molar-refractivity contribution is 6.42. The molecule has 2 nitrogen and oxygen atoms in total. The molecule has 1 saturated heterocycles. The fourth-order valence-corrected chi connectivity index (χ4v) is 3.61. The number of carbonyl (C=O) groups is 1. The molecule has 106 valence electrons. The second-order valence-electron chi connectivity index (χ2n) is 5.52. The number of benzene rings is 2. The average Bonchev–Trinajstić information content (AvgIpc) is 3.22. The molecule has 1 spiro atoms. The maximum absolute atomic E-state index is 12.8. The lowest BCUT2D eigenvalue weighted by Crippen LogP contribution is -2.31. The van der Waals surface area contributed by atoms with Crippen molar-refractivity contribution in [3.05, 3.63) is 69.2 Å². The van der Waals surface area contributed by atoms with Crippen molar-refractivity contribution in [3.63, 3.8) is 0 Å². The van der Waals surface area contributed by atoms with Crippen LogP contribution in [0.4, 0.5) is 0 Å². The summed E-state index contributed by atoms with van der Waals surface area (Å²) in [5, 5.41) is 0.969. The van der Waals surface area contributed by atoms with Gasteiger partial charge in [-0.2, -0.15) is 0 Å². The molecule has 1 aliphatic heterocycles. The molecule has 1 aliphatic carbocycles. The van der Waals surface area contributed by atoms with Crippen LogP contribution in [0.5, 0.6) is 0 Å². The van der Waals surface area contributed by atoms with Gasteiger partial charge in [-0.15, -0.1) is 0 Å². The summed E-state index contributed by atoms with van der Waals surface area (Å²) in [7, 11) is 0. The molecule has 2 aromatic rings. The Morgan fingerprint density at radius 3 is 2.76 bits per heavy atom. The summed E-state index contributed by atoms with van der Waals surface area (Å²) in [5.74, 6) is 0.0605. The Kier molecular flexibility index (Phi) is 2.90. The van der Waals surface area contributed by atoms with Gasteiger partial charge in [0.2, 0.25) is 0 Å². The van der Waals surface area contributed by atoms with Gasteiger partial charge < -0.3 is 4.74 Å². The van der Waals surface area contributed by atoms with E-state index in [4.69, 9.17) is 27.9 Å². The number of hydrogen-bond donors (Lipinski definition) is 0. The topological polar surface area (TPSA) is 29.6 Å². The van der Waals surface area contributed by atoms with Crippen LogP contribution in [0.15, 0.2) is 42.5 Å². The Hall–Kier alpha value is -1.35. The molecule has 0 saturated carbocycles. The molecule has 2 atom stereocenters. The summed E-state index contributed by atoms with van der Waals surface area (Å²) in [6, 6.07) is 13.2. The van der Waals surface area contributed by atoms with E-state index in [0.717, 1.165) is 23.1 Å². The van der Waals surface area contributed by atoms with E-state index in [1.165, 1.54) is 0 Å². The lowest BCUT2D eigenvalue weighted by atomic mass is 9.79. The van der Waals surface area contributed by atoms with Crippen molar-refractivity contribution >= 4 is 29.0 Å². The zero-order valence-electron chi connectivity index (χ0n) is 11.1. The fourth-order valence-electron chi connectivity index (χ4n) is 3.20. The molecular weight excluding hydrogens is 307 g/mol. The number of halogens is 2. The Labute approximate surface area is 132 Å². The second-order valence-corrected chi connectivity index (χ2v) is 6.30. The van der Waals surface area contributed by atoms with Crippen molar-refractivity contribution in [2.45, 2.75) is 24.5 Å². The van der Waals surface area contributed by atoms with Crippen LogP contribution in [0, 0.1) is 0 Å². The summed E-state index contributed by atoms with van der Waals surface area (Å²) >= 11 is 12.3. The molecule has 0 bridgehead atoms. The van der Waals surface area contributed by atoms with Gasteiger partial charge in [-0.3, -0.25) is 4.79 Å². The molecule has 0 radical (unpaired) electrons. The molecule has 4 heteroatoms. The van der Waals surface area contributed by atoms with Crippen molar-refractivity contribution in [2.75, 3.05) is 0 Å².